The predicted molar refractivity (Wildman–Crippen MR) is 81.1 cm³/mol. The Morgan fingerprint density at radius 3 is 2.57 bits per heavy atom. The maximum atomic E-state index is 12.0. The molecule has 1 aliphatic rings. The number of rotatable bonds is 4. The Bertz CT molecular complexity index is 641. The van der Waals surface area contributed by atoms with Crippen LogP contribution in [0.3, 0.4) is 0 Å². The smallest absolute Gasteiger partial charge is 0.230 e. The van der Waals surface area contributed by atoms with Crippen LogP contribution in [-0.2, 0) is 18.3 Å². The van der Waals surface area contributed by atoms with E-state index in [0.29, 0.717) is 12.2 Å². The van der Waals surface area contributed by atoms with Crippen LogP contribution >= 0.6 is 0 Å². The van der Waals surface area contributed by atoms with Crippen molar-refractivity contribution < 1.29 is 4.79 Å². The highest BCUT2D eigenvalue weighted by molar-refractivity contribution is 5.91. The third kappa shape index (κ3) is 2.96. The minimum atomic E-state index is -0.0602. The van der Waals surface area contributed by atoms with Gasteiger partial charge in [-0.15, -0.1) is 5.10 Å². The Balaban J connectivity index is 1.60. The highest BCUT2D eigenvalue weighted by Crippen LogP contribution is 2.36. The van der Waals surface area contributed by atoms with Gasteiger partial charge in [-0.1, -0.05) is 35.9 Å². The second-order valence-electron chi connectivity index (χ2n) is 5.74. The average molecular weight is 284 g/mol. The van der Waals surface area contributed by atoms with Crippen LogP contribution in [0.2, 0.25) is 0 Å². The number of anilines is 1. The van der Waals surface area contributed by atoms with Gasteiger partial charge in [0.15, 0.2) is 5.82 Å². The molecule has 1 aromatic heterocycles. The highest BCUT2D eigenvalue weighted by Gasteiger charge is 2.19. The summed E-state index contributed by atoms with van der Waals surface area (Å²) in [5.41, 5.74) is 3.27. The van der Waals surface area contributed by atoms with Gasteiger partial charge in [0.05, 0.1) is 12.1 Å². The number of hydrogen-bond donors (Lipinski definition) is 1. The number of nitrogens with zero attached hydrogens (tertiary/aromatic N) is 3. The van der Waals surface area contributed by atoms with Crippen molar-refractivity contribution >= 4 is 11.7 Å². The summed E-state index contributed by atoms with van der Waals surface area (Å²) in [4.78, 5) is 12.0. The van der Waals surface area contributed by atoms with E-state index in [4.69, 9.17) is 0 Å². The molecule has 0 spiro atoms. The van der Waals surface area contributed by atoms with Crippen molar-refractivity contribution in [3.05, 3.63) is 41.1 Å². The average Bonchev–Trinajstić information content (AvgIpc) is 2.71. The van der Waals surface area contributed by atoms with E-state index in [9.17, 15) is 4.79 Å². The van der Waals surface area contributed by atoms with Crippen molar-refractivity contribution in [3.8, 4) is 0 Å². The molecule has 1 aromatic carbocycles. The summed E-state index contributed by atoms with van der Waals surface area (Å²) >= 11 is 0. The van der Waals surface area contributed by atoms with Gasteiger partial charge in [-0.05, 0) is 36.8 Å². The van der Waals surface area contributed by atoms with Crippen LogP contribution in [0, 0.1) is 6.92 Å². The molecule has 0 saturated heterocycles. The lowest BCUT2D eigenvalue weighted by molar-refractivity contribution is -0.115. The van der Waals surface area contributed by atoms with Gasteiger partial charge in [-0.25, -0.2) is 0 Å². The fraction of sp³-hybridized carbons (Fsp3) is 0.438. The summed E-state index contributed by atoms with van der Waals surface area (Å²) in [5.74, 6) is 1.21. The molecule has 5 nitrogen and oxygen atoms in total. The first-order chi connectivity index (χ1) is 10.1. The van der Waals surface area contributed by atoms with E-state index in [2.05, 4.69) is 39.9 Å². The minimum absolute atomic E-state index is 0.0602. The van der Waals surface area contributed by atoms with Gasteiger partial charge < -0.3 is 5.32 Å². The van der Waals surface area contributed by atoms with Gasteiger partial charge >= 0.3 is 0 Å². The van der Waals surface area contributed by atoms with Crippen LogP contribution in [0.4, 0.5) is 5.82 Å². The van der Waals surface area contributed by atoms with Gasteiger partial charge in [-0.3, -0.25) is 9.48 Å². The second kappa shape index (κ2) is 5.68. The summed E-state index contributed by atoms with van der Waals surface area (Å²) in [6.07, 6.45) is 4.30. The quantitative estimate of drug-likeness (QED) is 0.938. The standard InChI is InChI=1S/C16H20N4O/c1-11-16(18-19-20(11)2)17-15(21)10-12-6-8-14(9-7-12)13-4-3-5-13/h6-9,13H,3-5,10H2,1-2H3,(H,17,21). The van der Waals surface area contributed by atoms with E-state index in [1.54, 1.807) is 11.7 Å². The van der Waals surface area contributed by atoms with Crippen molar-refractivity contribution in [2.45, 2.75) is 38.5 Å². The second-order valence-corrected chi connectivity index (χ2v) is 5.74. The number of carbonyl (C=O) groups excluding carboxylic acids is 1. The number of hydrogen-bond acceptors (Lipinski definition) is 3. The molecule has 2 aromatic rings. The summed E-state index contributed by atoms with van der Waals surface area (Å²) in [5, 5.41) is 10.6. The number of carbonyl (C=O) groups is 1. The zero-order valence-electron chi connectivity index (χ0n) is 12.5. The fourth-order valence-corrected chi connectivity index (χ4v) is 2.53. The zero-order valence-corrected chi connectivity index (χ0v) is 12.5. The van der Waals surface area contributed by atoms with E-state index in [1.165, 1.54) is 24.8 Å². The van der Waals surface area contributed by atoms with E-state index in [0.717, 1.165) is 17.2 Å². The molecule has 1 N–H and O–H groups in total. The number of benzene rings is 1. The fourth-order valence-electron chi connectivity index (χ4n) is 2.53. The van der Waals surface area contributed by atoms with Gasteiger partial charge in [0.2, 0.25) is 5.91 Å². The van der Waals surface area contributed by atoms with Crippen molar-refractivity contribution in [1.29, 1.82) is 0 Å². The van der Waals surface area contributed by atoms with E-state index in [-0.39, 0.29) is 5.91 Å². The molecular weight excluding hydrogens is 264 g/mol. The van der Waals surface area contributed by atoms with E-state index >= 15 is 0 Å². The van der Waals surface area contributed by atoms with Crippen LogP contribution in [0.25, 0.3) is 0 Å². The van der Waals surface area contributed by atoms with Gasteiger partial charge in [0, 0.05) is 7.05 Å². The number of nitrogens with one attached hydrogen (secondary N) is 1. The van der Waals surface area contributed by atoms with Crippen molar-refractivity contribution in [2.24, 2.45) is 7.05 Å². The molecule has 110 valence electrons. The molecule has 1 fully saturated rings. The molecule has 0 atom stereocenters. The molecule has 0 aliphatic heterocycles. The zero-order chi connectivity index (χ0) is 14.8. The van der Waals surface area contributed by atoms with Crippen LogP contribution < -0.4 is 5.32 Å². The lowest BCUT2D eigenvalue weighted by Crippen LogP contribution is -2.15. The lowest BCUT2D eigenvalue weighted by atomic mass is 9.80. The number of aryl methyl sites for hydroxylation is 1. The molecule has 1 saturated carbocycles. The van der Waals surface area contributed by atoms with Crippen molar-refractivity contribution in [2.75, 3.05) is 5.32 Å². The lowest BCUT2D eigenvalue weighted by Gasteiger charge is -2.25. The van der Waals surface area contributed by atoms with E-state index in [1.807, 2.05) is 6.92 Å². The monoisotopic (exact) mass is 284 g/mol. The molecule has 21 heavy (non-hydrogen) atoms. The Morgan fingerprint density at radius 2 is 2.05 bits per heavy atom. The van der Waals surface area contributed by atoms with Gasteiger partial charge in [-0.2, -0.15) is 0 Å². The van der Waals surface area contributed by atoms with Crippen LogP contribution in [-0.4, -0.2) is 20.9 Å². The molecule has 0 bridgehead atoms. The van der Waals surface area contributed by atoms with Gasteiger partial charge in [0.1, 0.15) is 0 Å². The summed E-state index contributed by atoms with van der Waals surface area (Å²) in [6, 6.07) is 8.41. The summed E-state index contributed by atoms with van der Waals surface area (Å²) in [7, 11) is 1.80. The third-order valence-corrected chi connectivity index (χ3v) is 4.29. The molecule has 0 unspecified atom stereocenters. The first kappa shape index (κ1) is 13.8. The maximum Gasteiger partial charge on any atom is 0.230 e. The highest BCUT2D eigenvalue weighted by atomic mass is 16.1. The SMILES string of the molecule is Cc1c(NC(=O)Cc2ccc(C3CCC3)cc2)nnn1C. The van der Waals surface area contributed by atoms with Crippen molar-refractivity contribution in [3.63, 3.8) is 0 Å². The Morgan fingerprint density at radius 1 is 1.33 bits per heavy atom. The largest absolute Gasteiger partial charge is 0.307 e. The summed E-state index contributed by atoms with van der Waals surface area (Å²) in [6.45, 7) is 1.88. The maximum absolute atomic E-state index is 12.0. The normalized spacial score (nSPS) is 14.8. The Hall–Kier alpha value is -2.17. The number of amides is 1. The van der Waals surface area contributed by atoms with Crippen LogP contribution in [0.1, 0.15) is 42.0 Å². The van der Waals surface area contributed by atoms with Crippen molar-refractivity contribution in [1.82, 2.24) is 15.0 Å². The predicted octanol–water partition coefficient (Wildman–Crippen LogP) is 2.57. The summed E-state index contributed by atoms with van der Waals surface area (Å²) < 4.78 is 1.64. The molecule has 3 rings (SSSR count). The topological polar surface area (TPSA) is 59.8 Å². The first-order valence-corrected chi connectivity index (χ1v) is 7.38. The Kier molecular flexibility index (Phi) is 3.73. The van der Waals surface area contributed by atoms with Crippen LogP contribution in [0.5, 0.6) is 0 Å². The molecule has 1 heterocycles. The molecule has 0 radical (unpaired) electrons. The molecule has 5 heteroatoms. The molecule has 1 amide bonds. The number of aromatic nitrogens is 3. The van der Waals surface area contributed by atoms with Gasteiger partial charge in [0.25, 0.3) is 0 Å². The Labute approximate surface area is 124 Å². The third-order valence-electron chi connectivity index (χ3n) is 4.29. The molecule has 1 aliphatic carbocycles. The van der Waals surface area contributed by atoms with Crippen LogP contribution in [0.15, 0.2) is 24.3 Å². The van der Waals surface area contributed by atoms with E-state index < -0.39 is 0 Å². The minimum Gasteiger partial charge on any atom is -0.307 e. The molecular formula is C16H20N4O. The first-order valence-electron chi connectivity index (χ1n) is 7.38.